The number of ether oxygens (including phenoxy) is 2. The zero-order valence-electron chi connectivity index (χ0n) is 43.1. The number of esters is 2. The van der Waals surface area contributed by atoms with Crippen molar-refractivity contribution >= 4 is 53.3 Å². The number of carboxylic acids is 1. The number of carbonyl (C=O) groups is 7. The van der Waals surface area contributed by atoms with E-state index in [-0.39, 0.29) is 68.1 Å². The fourth-order valence-corrected chi connectivity index (χ4v) is 8.97. The number of unbranched alkanes of at least 4 members (excludes halogenated alkanes) is 28. The first-order chi connectivity index (χ1) is 32.9. The Bertz CT molecular complexity index is 1320. The summed E-state index contributed by atoms with van der Waals surface area (Å²) < 4.78 is 11.5. The van der Waals surface area contributed by atoms with Gasteiger partial charge in [0.2, 0.25) is 23.6 Å². The summed E-state index contributed by atoms with van der Waals surface area (Å²) in [6.07, 6.45) is 34.7. The van der Waals surface area contributed by atoms with Crippen LogP contribution in [0.4, 0.5) is 0 Å². The number of hydrogen-bond donors (Lipinski definition) is 5. The zero-order valence-corrected chi connectivity index (χ0v) is 43.9. The molecule has 0 saturated heterocycles. The number of carbonyl (C=O) groups excluding carboxylic acids is 6. The van der Waals surface area contributed by atoms with Crippen LogP contribution in [0.5, 0.6) is 0 Å². The molecule has 0 radical (unpaired) electrons. The van der Waals surface area contributed by atoms with Gasteiger partial charge >= 0.3 is 17.9 Å². The van der Waals surface area contributed by atoms with Crippen LogP contribution in [0, 0.1) is 0 Å². The third-order valence-corrected chi connectivity index (χ3v) is 13.4. The van der Waals surface area contributed by atoms with Crippen molar-refractivity contribution in [3.05, 3.63) is 0 Å². The molecule has 6 N–H and O–H groups in total. The molecule has 15 heteroatoms. The topological polar surface area (TPSA) is 220 Å². The highest BCUT2D eigenvalue weighted by Crippen LogP contribution is 2.17. The van der Waals surface area contributed by atoms with Gasteiger partial charge in [0, 0.05) is 37.2 Å². The van der Waals surface area contributed by atoms with Crippen molar-refractivity contribution in [3.8, 4) is 0 Å². The van der Waals surface area contributed by atoms with Gasteiger partial charge < -0.3 is 36.3 Å². The van der Waals surface area contributed by atoms with Gasteiger partial charge in [0.1, 0.15) is 24.8 Å². The van der Waals surface area contributed by atoms with Crippen molar-refractivity contribution in [2.24, 2.45) is 5.73 Å². The van der Waals surface area contributed by atoms with Crippen LogP contribution in [0.2, 0.25) is 0 Å². The third kappa shape index (κ3) is 42.7. The Morgan fingerprint density at radius 2 is 0.882 bits per heavy atom. The molecule has 68 heavy (non-hydrogen) atoms. The fraction of sp³-hybridized carbons (Fsp3) is 0.868. The first kappa shape index (κ1) is 64.6. The van der Waals surface area contributed by atoms with E-state index in [2.05, 4.69) is 36.7 Å². The van der Waals surface area contributed by atoms with Crippen LogP contribution in [0.25, 0.3) is 0 Å². The molecule has 0 aromatic rings. The van der Waals surface area contributed by atoms with E-state index >= 15 is 0 Å². The van der Waals surface area contributed by atoms with Crippen molar-refractivity contribution in [1.82, 2.24) is 16.0 Å². The van der Waals surface area contributed by atoms with Crippen LogP contribution in [-0.2, 0) is 43.0 Å². The van der Waals surface area contributed by atoms with Gasteiger partial charge in [-0.3, -0.25) is 33.6 Å². The van der Waals surface area contributed by atoms with Crippen LogP contribution in [0.3, 0.4) is 0 Å². The van der Waals surface area contributed by atoms with Gasteiger partial charge in [0.05, 0.1) is 6.54 Å². The van der Waals surface area contributed by atoms with E-state index in [0.717, 1.165) is 64.2 Å². The summed E-state index contributed by atoms with van der Waals surface area (Å²) >= 11 is 1.25. The molecule has 4 amide bonds. The molecular weight excluding hydrogens is 885 g/mol. The van der Waals surface area contributed by atoms with Gasteiger partial charge in [-0.15, -0.1) is 0 Å². The highest BCUT2D eigenvalue weighted by atomic mass is 32.2. The van der Waals surface area contributed by atoms with Gasteiger partial charge in [-0.05, 0) is 25.7 Å². The normalized spacial score (nSPS) is 12.5. The number of primary amides is 1. The minimum Gasteiger partial charge on any atom is -0.481 e. The number of rotatable bonds is 50. The molecule has 0 bridgehead atoms. The van der Waals surface area contributed by atoms with Crippen molar-refractivity contribution in [1.29, 1.82) is 0 Å². The lowest BCUT2D eigenvalue weighted by Gasteiger charge is -2.21. The summed E-state index contributed by atoms with van der Waals surface area (Å²) in [7, 11) is 0. The van der Waals surface area contributed by atoms with E-state index in [1.165, 1.54) is 134 Å². The Kier molecular flexibility index (Phi) is 45.0. The molecule has 396 valence electrons. The summed E-state index contributed by atoms with van der Waals surface area (Å²) in [4.78, 5) is 88.1. The van der Waals surface area contributed by atoms with Gasteiger partial charge in [0.15, 0.2) is 0 Å². The minimum absolute atomic E-state index is 0.0685. The van der Waals surface area contributed by atoms with Crippen LogP contribution >= 0.6 is 11.8 Å². The van der Waals surface area contributed by atoms with Crippen molar-refractivity contribution in [2.75, 3.05) is 24.7 Å². The Hall–Kier alpha value is -3.36. The molecule has 14 nitrogen and oxygen atoms in total. The number of nitrogens with one attached hydrogen (secondary N) is 3. The van der Waals surface area contributed by atoms with Crippen LogP contribution < -0.4 is 21.7 Å². The summed E-state index contributed by atoms with van der Waals surface area (Å²) in [6, 6.07) is -2.30. The van der Waals surface area contributed by atoms with E-state index in [4.69, 9.17) is 20.3 Å². The summed E-state index contributed by atoms with van der Waals surface area (Å²) in [6.45, 7) is 5.97. The average Bonchev–Trinajstić information content (AvgIpc) is 3.31. The molecule has 0 aromatic heterocycles. The number of hydrogen-bond acceptors (Lipinski definition) is 10. The van der Waals surface area contributed by atoms with E-state index < -0.39 is 48.4 Å². The van der Waals surface area contributed by atoms with Crippen molar-refractivity contribution in [2.45, 2.75) is 270 Å². The maximum atomic E-state index is 13.5. The zero-order chi connectivity index (χ0) is 50.3. The number of aliphatic carboxylic acids is 1. The average molecular weight is 983 g/mol. The Morgan fingerprint density at radius 1 is 0.485 bits per heavy atom. The second kappa shape index (κ2) is 47.3. The molecule has 0 fully saturated rings. The summed E-state index contributed by atoms with van der Waals surface area (Å²) in [5, 5.41) is 16.7. The SMILES string of the molecule is CCCCCCCCCCCCCCCC(=O)N[C@@H](CSCC(COC(=O)CCCCCCCCCCC)OC(=O)CCCCCCCCCCC)C(=O)NCC(=O)N[C@H](CCC(=O)O)C(N)=O. The standard InChI is InChI=1S/C53H98N4O10S/c1-4-7-10-13-16-19-20-21-22-25-26-29-32-35-47(58)57-46(53(65)55-40-48(59)56-45(52(54)64)38-39-49(60)61)43-68-42-44(67-51(63)37-34-31-28-24-18-15-12-9-6-3)41-66-50(62)36-33-30-27-23-17-14-11-8-5-2/h44-46H,4-43H2,1-3H3,(H2,54,64)(H,55,65)(H,56,59)(H,57,58)(H,60,61)/t44?,45-,46+/m1/s1. The lowest BCUT2D eigenvalue weighted by molar-refractivity contribution is -0.157. The smallest absolute Gasteiger partial charge is 0.306 e. The molecule has 0 aliphatic carbocycles. The van der Waals surface area contributed by atoms with E-state index in [1.54, 1.807) is 0 Å². The molecule has 0 spiro atoms. The second-order valence-electron chi connectivity index (χ2n) is 18.8. The Morgan fingerprint density at radius 3 is 1.31 bits per heavy atom. The highest BCUT2D eigenvalue weighted by Gasteiger charge is 2.25. The molecule has 3 atom stereocenters. The van der Waals surface area contributed by atoms with Gasteiger partial charge in [-0.25, -0.2) is 0 Å². The van der Waals surface area contributed by atoms with E-state index in [0.29, 0.717) is 12.8 Å². The maximum Gasteiger partial charge on any atom is 0.306 e. The van der Waals surface area contributed by atoms with Gasteiger partial charge in [-0.1, -0.05) is 201 Å². The third-order valence-electron chi connectivity index (χ3n) is 12.2. The molecule has 1 unspecified atom stereocenters. The number of amides is 4. The lowest BCUT2D eigenvalue weighted by Crippen LogP contribution is -2.52. The monoisotopic (exact) mass is 983 g/mol. The molecular formula is C53H98N4O10S. The van der Waals surface area contributed by atoms with Crippen LogP contribution in [-0.4, -0.2) is 89.5 Å². The van der Waals surface area contributed by atoms with Crippen molar-refractivity contribution < 1.29 is 48.1 Å². The molecule has 0 saturated carbocycles. The lowest BCUT2D eigenvalue weighted by atomic mass is 10.0. The summed E-state index contributed by atoms with van der Waals surface area (Å²) in [5.74, 6) is -4.23. The molecule has 0 aromatic carbocycles. The first-order valence-electron chi connectivity index (χ1n) is 27.2. The number of thioether (sulfide) groups is 1. The Labute approximate surface area is 416 Å². The fourth-order valence-electron chi connectivity index (χ4n) is 7.94. The summed E-state index contributed by atoms with van der Waals surface area (Å²) in [5.41, 5.74) is 5.35. The van der Waals surface area contributed by atoms with Crippen molar-refractivity contribution in [3.63, 3.8) is 0 Å². The molecule has 0 aliphatic heterocycles. The quantitative estimate of drug-likeness (QED) is 0.0285. The molecule has 0 heterocycles. The molecule has 0 aliphatic rings. The molecule has 0 rings (SSSR count). The second-order valence-corrected chi connectivity index (χ2v) is 19.8. The maximum absolute atomic E-state index is 13.5. The predicted molar refractivity (Wildman–Crippen MR) is 275 cm³/mol. The van der Waals surface area contributed by atoms with E-state index in [1.807, 2.05) is 0 Å². The van der Waals surface area contributed by atoms with Gasteiger partial charge in [-0.2, -0.15) is 11.8 Å². The van der Waals surface area contributed by atoms with E-state index in [9.17, 15) is 33.6 Å². The minimum atomic E-state index is -1.24. The largest absolute Gasteiger partial charge is 0.481 e. The number of carboxylic acid groups (broad SMARTS) is 1. The predicted octanol–water partition coefficient (Wildman–Crippen LogP) is 10.9. The van der Waals surface area contributed by atoms with Crippen LogP contribution in [0.1, 0.15) is 252 Å². The Balaban J connectivity index is 5.45. The number of nitrogens with two attached hydrogens (primary N) is 1. The van der Waals surface area contributed by atoms with Crippen LogP contribution in [0.15, 0.2) is 0 Å². The highest BCUT2D eigenvalue weighted by molar-refractivity contribution is 7.99. The van der Waals surface area contributed by atoms with Gasteiger partial charge in [0.25, 0.3) is 0 Å². The first-order valence-corrected chi connectivity index (χ1v) is 28.4.